The zero-order chi connectivity index (χ0) is 16.1. The Bertz CT molecular complexity index is 588. The number of hydrogen-bond donors (Lipinski definition) is 1. The predicted octanol–water partition coefficient (Wildman–Crippen LogP) is 1.16. The number of primary amides is 1. The largest absolute Gasteiger partial charge is 0.445 e. The van der Waals surface area contributed by atoms with Crippen LogP contribution in [0.4, 0.5) is 4.79 Å². The smallest absolute Gasteiger partial charge is 0.404 e. The van der Waals surface area contributed by atoms with E-state index in [-0.39, 0.29) is 12.5 Å². The molecule has 1 heterocycles. The Balaban J connectivity index is 2.03. The number of likely N-dealkylation sites (N-methyl/N-ethyl adjacent to an activating group) is 1. The monoisotopic (exact) mass is 323 g/mol. The average Bonchev–Trinajstić information content (AvgIpc) is 3.01. The summed E-state index contributed by atoms with van der Waals surface area (Å²) in [4.78, 5) is 31.9. The van der Waals surface area contributed by atoms with E-state index in [1.807, 2.05) is 24.3 Å². The molecule has 0 aliphatic carbocycles. The summed E-state index contributed by atoms with van der Waals surface area (Å²) in [5.74, 6) is 0.422. The van der Waals surface area contributed by atoms with E-state index in [2.05, 4.69) is 4.99 Å². The molecule has 0 spiro atoms. The van der Waals surface area contributed by atoms with Crippen LogP contribution in [0.15, 0.2) is 29.3 Å². The first-order chi connectivity index (χ1) is 10.5. The van der Waals surface area contributed by atoms with Crippen LogP contribution in [-0.2, 0) is 21.0 Å². The highest BCUT2D eigenvalue weighted by atomic mass is 32.2. The molecule has 2 amide bonds. The zero-order valence-corrected chi connectivity index (χ0v) is 13.1. The molecule has 0 bridgehead atoms. The number of benzene rings is 1. The summed E-state index contributed by atoms with van der Waals surface area (Å²) in [5, 5.41) is 1.99. The van der Waals surface area contributed by atoms with Crippen molar-refractivity contribution in [2.24, 2.45) is 10.7 Å². The van der Waals surface area contributed by atoms with Crippen LogP contribution in [0, 0.1) is 0 Å². The minimum atomic E-state index is -0.802. The Kier molecular flexibility index (Phi) is 5.40. The van der Waals surface area contributed by atoms with Crippen LogP contribution in [0.1, 0.15) is 11.1 Å². The summed E-state index contributed by atoms with van der Waals surface area (Å²) < 4.78 is 4.72. The Hall–Kier alpha value is -2.06. The number of hydroxylamine groups is 2. The Morgan fingerprint density at radius 3 is 2.68 bits per heavy atom. The average molecular weight is 323 g/mol. The van der Waals surface area contributed by atoms with Crippen LogP contribution in [0.3, 0.4) is 0 Å². The minimum absolute atomic E-state index is 0.134. The molecule has 1 atom stereocenters. The lowest BCUT2D eigenvalue weighted by Crippen LogP contribution is -2.34. The maximum atomic E-state index is 12.0. The first-order valence-corrected chi connectivity index (χ1v) is 7.53. The standard InChI is InChI=1S/C14H17N3O4S/c1-17(20-2)13(18)11-8-22-12(16-11)10-5-3-9(4-6-10)7-21-14(15)19/h3-6,11H,7-8H2,1-2H3,(H2,15,19). The van der Waals surface area contributed by atoms with E-state index in [4.69, 9.17) is 15.3 Å². The van der Waals surface area contributed by atoms with Crippen molar-refractivity contribution in [2.45, 2.75) is 12.6 Å². The van der Waals surface area contributed by atoms with Crippen molar-refractivity contribution in [2.75, 3.05) is 19.9 Å². The predicted molar refractivity (Wildman–Crippen MR) is 83.4 cm³/mol. The third-order valence-electron chi connectivity index (χ3n) is 3.10. The van der Waals surface area contributed by atoms with E-state index >= 15 is 0 Å². The van der Waals surface area contributed by atoms with Gasteiger partial charge in [0.1, 0.15) is 12.6 Å². The van der Waals surface area contributed by atoms with Gasteiger partial charge in [-0.05, 0) is 5.56 Å². The fourth-order valence-electron chi connectivity index (χ4n) is 1.86. The van der Waals surface area contributed by atoms with Crippen LogP contribution in [-0.4, -0.2) is 48.1 Å². The molecule has 0 fully saturated rings. The summed E-state index contributed by atoms with van der Waals surface area (Å²) in [5.41, 5.74) is 6.67. The normalized spacial score (nSPS) is 17.0. The summed E-state index contributed by atoms with van der Waals surface area (Å²) in [6.45, 7) is 0.134. The maximum absolute atomic E-state index is 12.0. The zero-order valence-electron chi connectivity index (χ0n) is 12.3. The SMILES string of the molecule is CON(C)C(=O)C1CSC(c2ccc(COC(N)=O)cc2)=N1. The molecule has 0 radical (unpaired) electrons. The number of hydrogen-bond acceptors (Lipinski definition) is 6. The van der Waals surface area contributed by atoms with E-state index in [1.54, 1.807) is 7.05 Å². The van der Waals surface area contributed by atoms with Crippen molar-refractivity contribution in [3.8, 4) is 0 Å². The van der Waals surface area contributed by atoms with Crippen LogP contribution < -0.4 is 5.73 Å². The third-order valence-corrected chi connectivity index (χ3v) is 4.20. The quantitative estimate of drug-likeness (QED) is 0.821. The van der Waals surface area contributed by atoms with Gasteiger partial charge in [0.15, 0.2) is 0 Å². The number of aliphatic imine (C=N–C) groups is 1. The molecule has 2 rings (SSSR count). The van der Waals surface area contributed by atoms with Gasteiger partial charge >= 0.3 is 6.09 Å². The molecule has 8 heteroatoms. The van der Waals surface area contributed by atoms with Gasteiger partial charge in [0.25, 0.3) is 5.91 Å². The van der Waals surface area contributed by atoms with Gasteiger partial charge in [0.05, 0.1) is 12.2 Å². The number of nitrogens with zero attached hydrogens (tertiary/aromatic N) is 2. The molecule has 0 aromatic heterocycles. The van der Waals surface area contributed by atoms with Gasteiger partial charge < -0.3 is 10.5 Å². The molecule has 118 valence electrons. The van der Waals surface area contributed by atoms with Crippen molar-refractivity contribution >= 4 is 28.8 Å². The van der Waals surface area contributed by atoms with Gasteiger partial charge in [-0.25, -0.2) is 9.86 Å². The van der Waals surface area contributed by atoms with Gasteiger partial charge in [0, 0.05) is 18.4 Å². The second-order valence-electron chi connectivity index (χ2n) is 4.58. The maximum Gasteiger partial charge on any atom is 0.404 e. The molecule has 1 unspecified atom stereocenters. The summed E-state index contributed by atoms with van der Waals surface area (Å²) >= 11 is 1.53. The van der Waals surface area contributed by atoms with Crippen molar-refractivity contribution in [3.05, 3.63) is 35.4 Å². The van der Waals surface area contributed by atoms with Crippen LogP contribution >= 0.6 is 11.8 Å². The lowest BCUT2D eigenvalue weighted by molar-refractivity contribution is -0.169. The first-order valence-electron chi connectivity index (χ1n) is 6.55. The lowest BCUT2D eigenvalue weighted by Gasteiger charge is -2.15. The minimum Gasteiger partial charge on any atom is -0.445 e. The molecule has 0 saturated carbocycles. The van der Waals surface area contributed by atoms with Gasteiger partial charge in [-0.1, -0.05) is 24.3 Å². The molecule has 1 aromatic rings. The van der Waals surface area contributed by atoms with Crippen LogP contribution in [0.25, 0.3) is 0 Å². The van der Waals surface area contributed by atoms with Crippen molar-refractivity contribution in [3.63, 3.8) is 0 Å². The molecule has 22 heavy (non-hydrogen) atoms. The molecular formula is C14H17N3O4S. The fraction of sp³-hybridized carbons (Fsp3) is 0.357. The number of rotatable bonds is 5. The number of amides is 2. The summed E-state index contributed by atoms with van der Waals surface area (Å²) in [7, 11) is 3.01. The van der Waals surface area contributed by atoms with Crippen molar-refractivity contribution < 1.29 is 19.2 Å². The van der Waals surface area contributed by atoms with E-state index in [9.17, 15) is 9.59 Å². The van der Waals surface area contributed by atoms with Gasteiger partial charge in [-0.3, -0.25) is 14.6 Å². The van der Waals surface area contributed by atoms with Crippen molar-refractivity contribution in [1.29, 1.82) is 0 Å². The Morgan fingerprint density at radius 1 is 1.41 bits per heavy atom. The highest BCUT2D eigenvalue weighted by Crippen LogP contribution is 2.24. The highest BCUT2D eigenvalue weighted by molar-refractivity contribution is 8.14. The Labute approximate surface area is 132 Å². The number of nitrogens with two attached hydrogens (primary N) is 1. The molecular weight excluding hydrogens is 306 g/mol. The van der Waals surface area contributed by atoms with Crippen LogP contribution in [0.2, 0.25) is 0 Å². The topological polar surface area (TPSA) is 94.2 Å². The van der Waals surface area contributed by atoms with E-state index in [1.165, 1.54) is 23.9 Å². The first kappa shape index (κ1) is 16.3. The molecule has 1 aromatic carbocycles. The third kappa shape index (κ3) is 3.99. The van der Waals surface area contributed by atoms with E-state index in [0.717, 1.165) is 16.2 Å². The van der Waals surface area contributed by atoms with E-state index in [0.29, 0.717) is 5.75 Å². The molecule has 1 aliphatic rings. The molecule has 2 N–H and O–H groups in total. The van der Waals surface area contributed by atoms with Crippen LogP contribution in [0.5, 0.6) is 0 Å². The second-order valence-corrected chi connectivity index (χ2v) is 5.59. The number of ether oxygens (including phenoxy) is 1. The molecule has 0 saturated heterocycles. The number of thioether (sulfide) groups is 1. The van der Waals surface area contributed by atoms with E-state index < -0.39 is 12.1 Å². The number of carbonyl (C=O) groups is 2. The van der Waals surface area contributed by atoms with Gasteiger partial charge in [-0.2, -0.15) is 0 Å². The number of carbonyl (C=O) groups excluding carboxylic acids is 2. The van der Waals surface area contributed by atoms with Crippen molar-refractivity contribution in [1.82, 2.24) is 5.06 Å². The molecule has 7 nitrogen and oxygen atoms in total. The Morgan fingerprint density at radius 2 is 2.09 bits per heavy atom. The second kappa shape index (κ2) is 7.28. The summed E-state index contributed by atoms with van der Waals surface area (Å²) in [6.07, 6.45) is -0.802. The summed E-state index contributed by atoms with van der Waals surface area (Å²) in [6, 6.07) is 6.98. The molecule has 1 aliphatic heterocycles. The fourth-order valence-corrected chi connectivity index (χ4v) is 2.89. The van der Waals surface area contributed by atoms with Gasteiger partial charge in [-0.15, -0.1) is 11.8 Å². The highest BCUT2D eigenvalue weighted by Gasteiger charge is 2.28. The van der Waals surface area contributed by atoms with Gasteiger partial charge in [0.2, 0.25) is 0 Å². The lowest BCUT2D eigenvalue weighted by atomic mass is 10.1.